The fourth-order valence-corrected chi connectivity index (χ4v) is 2.96. The molecule has 2 N–H and O–H groups in total. The molecule has 0 atom stereocenters. The van der Waals surface area contributed by atoms with E-state index in [1.807, 2.05) is 6.92 Å². The molecule has 0 fully saturated rings. The summed E-state index contributed by atoms with van der Waals surface area (Å²) in [5.41, 5.74) is 1.72. The summed E-state index contributed by atoms with van der Waals surface area (Å²) < 4.78 is 25.6. The summed E-state index contributed by atoms with van der Waals surface area (Å²) in [6.07, 6.45) is 3.84. The summed E-state index contributed by atoms with van der Waals surface area (Å²) in [5, 5.41) is 0. The van der Waals surface area contributed by atoms with E-state index in [0.717, 1.165) is 18.4 Å². The van der Waals surface area contributed by atoms with Crippen LogP contribution in [0.2, 0.25) is 0 Å². The number of carbonyl (C=O) groups is 1. The van der Waals surface area contributed by atoms with Crippen molar-refractivity contribution in [3.63, 3.8) is 0 Å². The first-order valence-electron chi connectivity index (χ1n) is 6.50. The van der Waals surface area contributed by atoms with Gasteiger partial charge in [-0.2, -0.15) is 0 Å². The smallest absolute Gasteiger partial charge is 0.264 e. The van der Waals surface area contributed by atoms with Gasteiger partial charge in [0.05, 0.1) is 23.1 Å². The van der Waals surface area contributed by atoms with E-state index in [9.17, 15) is 13.2 Å². The van der Waals surface area contributed by atoms with Gasteiger partial charge in [-0.15, -0.1) is 0 Å². The van der Waals surface area contributed by atoms with Crippen LogP contribution in [-0.2, 0) is 10.0 Å². The molecule has 0 radical (unpaired) electrons. The second-order valence-electron chi connectivity index (χ2n) is 4.59. The molecule has 1 aromatic carbocycles. The fourth-order valence-electron chi connectivity index (χ4n) is 1.87. The number of H-pyrrole nitrogens is 1. The molecule has 1 heterocycles. The van der Waals surface area contributed by atoms with E-state index in [0.29, 0.717) is 17.5 Å². The zero-order chi connectivity index (χ0) is 14.6. The van der Waals surface area contributed by atoms with Crippen molar-refractivity contribution in [2.75, 3.05) is 5.75 Å². The number of benzene rings is 1. The first-order valence-corrected chi connectivity index (χ1v) is 8.15. The van der Waals surface area contributed by atoms with Crippen molar-refractivity contribution in [2.45, 2.75) is 26.2 Å². The highest BCUT2D eigenvalue weighted by Crippen LogP contribution is 2.11. The Morgan fingerprint density at radius 3 is 2.90 bits per heavy atom. The minimum Gasteiger partial charge on any atom is -0.345 e. The van der Waals surface area contributed by atoms with E-state index in [1.54, 1.807) is 18.2 Å². The Morgan fingerprint density at radius 2 is 2.15 bits per heavy atom. The second-order valence-corrected chi connectivity index (χ2v) is 6.43. The van der Waals surface area contributed by atoms with Crippen molar-refractivity contribution in [3.05, 3.63) is 30.1 Å². The summed E-state index contributed by atoms with van der Waals surface area (Å²) in [5.74, 6) is -0.642. The SMILES string of the molecule is CCCCCS(=O)(=O)NC(=O)c1ccc2nc[nH]c2c1. The molecule has 0 unspecified atom stereocenters. The van der Waals surface area contributed by atoms with Gasteiger partial charge in [-0.1, -0.05) is 19.8 Å². The van der Waals surface area contributed by atoms with E-state index in [1.165, 1.54) is 6.33 Å². The summed E-state index contributed by atoms with van der Waals surface area (Å²) in [6, 6.07) is 4.81. The minimum absolute atomic E-state index is 0.0289. The predicted molar refractivity (Wildman–Crippen MR) is 76.9 cm³/mol. The van der Waals surface area contributed by atoms with Crippen molar-refractivity contribution in [1.29, 1.82) is 0 Å². The summed E-state index contributed by atoms with van der Waals surface area (Å²) in [6.45, 7) is 1.99. The largest absolute Gasteiger partial charge is 0.345 e. The molecule has 0 spiro atoms. The van der Waals surface area contributed by atoms with E-state index in [-0.39, 0.29) is 5.75 Å². The Labute approximate surface area is 117 Å². The predicted octanol–water partition coefficient (Wildman–Crippen LogP) is 1.81. The third-order valence-electron chi connectivity index (χ3n) is 2.95. The number of hydrogen-bond donors (Lipinski definition) is 2. The van der Waals surface area contributed by atoms with Gasteiger partial charge in [0, 0.05) is 5.56 Å². The number of aromatic amines is 1. The van der Waals surface area contributed by atoms with Crippen LogP contribution >= 0.6 is 0 Å². The summed E-state index contributed by atoms with van der Waals surface area (Å²) >= 11 is 0. The molecule has 108 valence electrons. The van der Waals surface area contributed by atoms with Gasteiger partial charge in [-0.25, -0.2) is 18.1 Å². The number of rotatable bonds is 6. The van der Waals surface area contributed by atoms with Crippen LogP contribution in [0, 0.1) is 0 Å². The lowest BCUT2D eigenvalue weighted by molar-refractivity contribution is 0.0981. The molecule has 20 heavy (non-hydrogen) atoms. The molecule has 0 bridgehead atoms. The molecule has 0 saturated heterocycles. The van der Waals surface area contributed by atoms with Gasteiger partial charge in [0.25, 0.3) is 5.91 Å². The van der Waals surface area contributed by atoms with Crippen LogP contribution in [0.4, 0.5) is 0 Å². The molecule has 7 heteroatoms. The van der Waals surface area contributed by atoms with Gasteiger partial charge >= 0.3 is 0 Å². The van der Waals surface area contributed by atoms with E-state index in [2.05, 4.69) is 14.7 Å². The molecule has 1 amide bonds. The van der Waals surface area contributed by atoms with Gasteiger partial charge in [-0.3, -0.25) is 4.79 Å². The molecule has 2 aromatic rings. The average Bonchev–Trinajstić information content (AvgIpc) is 2.85. The maximum atomic E-state index is 11.9. The van der Waals surface area contributed by atoms with E-state index < -0.39 is 15.9 Å². The number of fused-ring (bicyclic) bond motifs is 1. The van der Waals surface area contributed by atoms with Gasteiger partial charge < -0.3 is 4.98 Å². The molecule has 0 aliphatic rings. The van der Waals surface area contributed by atoms with Gasteiger partial charge in [0.1, 0.15) is 0 Å². The molecule has 0 saturated carbocycles. The van der Waals surface area contributed by atoms with Gasteiger partial charge in [-0.05, 0) is 24.6 Å². The number of hydrogen-bond acceptors (Lipinski definition) is 4. The quantitative estimate of drug-likeness (QED) is 0.795. The Hall–Kier alpha value is -1.89. The van der Waals surface area contributed by atoms with E-state index >= 15 is 0 Å². The lowest BCUT2D eigenvalue weighted by atomic mass is 10.2. The lowest BCUT2D eigenvalue weighted by Gasteiger charge is -2.06. The van der Waals surface area contributed by atoms with Crippen LogP contribution in [0.3, 0.4) is 0 Å². The van der Waals surface area contributed by atoms with Crippen molar-refractivity contribution in [3.8, 4) is 0 Å². The highest BCUT2D eigenvalue weighted by molar-refractivity contribution is 7.90. The fraction of sp³-hybridized carbons (Fsp3) is 0.385. The molecule has 1 aromatic heterocycles. The zero-order valence-electron chi connectivity index (χ0n) is 11.2. The normalized spacial score (nSPS) is 11.7. The van der Waals surface area contributed by atoms with Gasteiger partial charge in [0.2, 0.25) is 10.0 Å². The number of unbranched alkanes of at least 4 members (excludes halogenated alkanes) is 2. The average molecular weight is 295 g/mol. The number of carbonyl (C=O) groups excluding carboxylic acids is 1. The Bertz CT molecular complexity index is 706. The Morgan fingerprint density at radius 1 is 1.35 bits per heavy atom. The van der Waals surface area contributed by atoms with Crippen molar-refractivity contribution < 1.29 is 13.2 Å². The molecule has 0 aliphatic carbocycles. The Kier molecular flexibility index (Phi) is 4.39. The molecular formula is C13H17N3O3S. The van der Waals surface area contributed by atoms with Crippen LogP contribution in [0.5, 0.6) is 0 Å². The molecule has 6 nitrogen and oxygen atoms in total. The third-order valence-corrected chi connectivity index (χ3v) is 4.27. The highest BCUT2D eigenvalue weighted by atomic mass is 32.2. The van der Waals surface area contributed by atoms with Crippen molar-refractivity contribution >= 4 is 27.0 Å². The number of nitrogens with zero attached hydrogens (tertiary/aromatic N) is 1. The first-order chi connectivity index (χ1) is 9.52. The van der Waals surface area contributed by atoms with Crippen LogP contribution in [-0.4, -0.2) is 30.0 Å². The monoisotopic (exact) mass is 295 g/mol. The van der Waals surface area contributed by atoms with Crippen LogP contribution in [0.25, 0.3) is 11.0 Å². The van der Waals surface area contributed by atoms with E-state index in [4.69, 9.17) is 0 Å². The molecule has 2 rings (SSSR count). The molecule has 0 aliphatic heterocycles. The molecular weight excluding hydrogens is 278 g/mol. The maximum Gasteiger partial charge on any atom is 0.264 e. The van der Waals surface area contributed by atoms with Crippen molar-refractivity contribution in [1.82, 2.24) is 14.7 Å². The maximum absolute atomic E-state index is 11.9. The summed E-state index contributed by atoms with van der Waals surface area (Å²) in [4.78, 5) is 18.9. The highest BCUT2D eigenvalue weighted by Gasteiger charge is 2.16. The number of imidazole rings is 1. The number of nitrogens with one attached hydrogen (secondary N) is 2. The van der Waals surface area contributed by atoms with Crippen LogP contribution in [0.1, 0.15) is 36.5 Å². The van der Waals surface area contributed by atoms with Crippen LogP contribution in [0.15, 0.2) is 24.5 Å². The Balaban J connectivity index is 2.07. The second kappa shape index (κ2) is 6.04. The number of sulfonamides is 1. The minimum atomic E-state index is -3.57. The van der Waals surface area contributed by atoms with Crippen LogP contribution < -0.4 is 4.72 Å². The zero-order valence-corrected chi connectivity index (χ0v) is 12.0. The standard InChI is InChI=1S/C13H17N3O3S/c1-2-3-4-7-20(18,19)16-13(17)10-5-6-11-12(8-10)15-9-14-11/h5-6,8-9H,2-4,7H2,1H3,(H,14,15)(H,16,17). The number of aromatic nitrogens is 2. The first kappa shape index (κ1) is 14.5. The third kappa shape index (κ3) is 3.57. The summed E-state index contributed by atoms with van der Waals surface area (Å²) in [7, 11) is -3.57. The number of amides is 1. The van der Waals surface area contributed by atoms with Gasteiger partial charge in [0.15, 0.2) is 0 Å². The van der Waals surface area contributed by atoms with Crippen molar-refractivity contribution in [2.24, 2.45) is 0 Å². The topological polar surface area (TPSA) is 91.9 Å². The lowest BCUT2D eigenvalue weighted by Crippen LogP contribution is -2.32.